The van der Waals surface area contributed by atoms with E-state index in [1.54, 1.807) is 6.92 Å². The largest absolute Gasteiger partial charge is 0.300 e. The summed E-state index contributed by atoms with van der Waals surface area (Å²) >= 11 is 0. The van der Waals surface area contributed by atoms with Crippen molar-refractivity contribution >= 4 is 5.78 Å². The van der Waals surface area contributed by atoms with E-state index in [9.17, 15) is 4.79 Å². The molecule has 0 aromatic carbocycles. The Hall–Kier alpha value is -0.590. The lowest BCUT2D eigenvalue weighted by Gasteiger charge is -2.01. The van der Waals surface area contributed by atoms with Gasteiger partial charge < -0.3 is 4.79 Å². The summed E-state index contributed by atoms with van der Waals surface area (Å²) in [5, 5.41) is 0. The quantitative estimate of drug-likeness (QED) is 0.575. The van der Waals surface area contributed by atoms with Crippen LogP contribution in [0.15, 0.2) is 11.6 Å². The zero-order valence-electron chi connectivity index (χ0n) is 8.68. The maximum absolute atomic E-state index is 10.7. The van der Waals surface area contributed by atoms with E-state index in [1.807, 2.05) is 0 Å². The lowest BCUT2D eigenvalue weighted by Crippen LogP contribution is -1.91. The number of ketones is 1. The monoisotopic (exact) mass is 168 g/mol. The highest BCUT2D eigenvalue weighted by Gasteiger charge is 1.95. The van der Waals surface area contributed by atoms with E-state index < -0.39 is 0 Å². The van der Waals surface area contributed by atoms with Gasteiger partial charge in [0.05, 0.1) is 0 Å². The second-order valence-electron chi connectivity index (χ2n) is 3.88. The van der Waals surface area contributed by atoms with Gasteiger partial charge in [0, 0.05) is 6.42 Å². The fourth-order valence-electron chi connectivity index (χ4n) is 0.912. The van der Waals surface area contributed by atoms with Crippen LogP contribution >= 0.6 is 0 Å². The maximum Gasteiger partial charge on any atom is 0.130 e. The lowest BCUT2D eigenvalue weighted by atomic mass is 10.0. The molecule has 0 unspecified atom stereocenters. The van der Waals surface area contributed by atoms with E-state index in [-0.39, 0.29) is 5.78 Å². The van der Waals surface area contributed by atoms with Crippen molar-refractivity contribution in [2.24, 2.45) is 5.92 Å². The molecule has 1 nitrogen and oxygen atoms in total. The summed E-state index contributed by atoms with van der Waals surface area (Å²) < 4.78 is 0. The van der Waals surface area contributed by atoms with Crippen LogP contribution in [-0.4, -0.2) is 5.78 Å². The molecule has 0 aromatic heterocycles. The van der Waals surface area contributed by atoms with Crippen molar-refractivity contribution in [2.75, 3.05) is 0 Å². The lowest BCUT2D eigenvalue weighted by molar-refractivity contribution is -0.116. The molecule has 0 N–H and O–H groups in total. The van der Waals surface area contributed by atoms with Crippen LogP contribution in [-0.2, 0) is 4.79 Å². The molecule has 0 rings (SSSR count). The Labute approximate surface area is 75.9 Å². The number of hydrogen-bond donors (Lipinski definition) is 0. The summed E-state index contributed by atoms with van der Waals surface area (Å²) in [5.41, 5.74) is 1.35. The van der Waals surface area contributed by atoms with E-state index in [2.05, 4.69) is 26.8 Å². The van der Waals surface area contributed by atoms with Crippen molar-refractivity contribution in [1.82, 2.24) is 0 Å². The minimum atomic E-state index is 0.285. The predicted octanol–water partition coefficient (Wildman–Crippen LogP) is 3.35. The van der Waals surface area contributed by atoms with E-state index in [0.29, 0.717) is 6.42 Å². The molecule has 0 aliphatic carbocycles. The number of allylic oxidation sites excluding steroid dienone is 2. The second-order valence-corrected chi connectivity index (χ2v) is 3.88. The van der Waals surface area contributed by atoms with Gasteiger partial charge in [-0.2, -0.15) is 0 Å². The summed E-state index contributed by atoms with van der Waals surface area (Å²) in [7, 11) is 0. The average Bonchev–Trinajstić information content (AvgIpc) is 1.96. The number of hydrogen-bond acceptors (Lipinski definition) is 1. The first-order chi connectivity index (χ1) is 5.52. The van der Waals surface area contributed by atoms with Crippen LogP contribution in [0.1, 0.15) is 47.0 Å². The molecule has 1 heteroatoms. The maximum atomic E-state index is 10.7. The van der Waals surface area contributed by atoms with Crippen LogP contribution in [0.5, 0.6) is 0 Å². The SMILES string of the molecule is CC(=O)CCC(C)=CCC(C)C. The molecule has 0 amide bonds. The Morgan fingerprint density at radius 2 is 1.83 bits per heavy atom. The third-order valence-electron chi connectivity index (χ3n) is 1.81. The van der Waals surface area contributed by atoms with Gasteiger partial charge in [0.25, 0.3) is 0 Å². The molecule has 0 aliphatic heterocycles. The zero-order chi connectivity index (χ0) is 9.56. The Balaban J connectivity index is 3.63. The molecule has 0 atom stereocenters. The first kappa shape index (κ1) is 11.4. The molecule has 70 valence electrons. The third kappa shape index (κ3) is 7.52. The highest BCUT2D eigenvalue weighted by atomic mass is 16.1. The minimum Gasteiger partial charge on any atom is -0.300 e. The summed E-state index contributed by atoms with van der Waals surface area (Å²) in [5.74, 6) is 1.00. The van der Waals surface area contributed by atoms with Crippen molar-refractivity contribution < 1.29 is 4.79 Å². The third-order valence-corrected chi connectivity index (χ3v) is 1.81. The smallest absolute Gasteiger partial charge is 0.130 e. The fraction of sp³-hybridized carbons (Fsp3) is 0.727. The van der Waals surface area contributed by atoms with Crippen molar-refractivity contribution in [3.63, 3.8) is 0 Å². The van der Waals surface area contributed by atoms with Gasteiger partial charge in [-0.3, -0.25) is 0 Å². The topological polar surface area (TPSA) is 17.1 Å². The minimum absolute atomic E-state index is 0.285. The molecular weight excluding hydrogens is 148 g/mol. The van der Waals surface area contributed by atoms with Gasteiger partial charge in [-0.25, -0.2) is 0 Å². The molecule has 0 saturated carbocycles. The summed E-state index contributed by atoms with van der Waals surface area (Å²) in [4.78, 5) is 10.7. The van der Waals surface area contributed by atoms with Gasteiger partial charge in [0.1, 0.15) is 5.78 Å². The van der Waals surface area contributed by atoms with Gasteiger partial charge in [-0.15, -0.1) is 0 Å². The van der Waals surface area contributed by atoms with Crippen LogP contribution in [0.25, 0.3) is 0 Å². The van der Waals surface area contributed by atoms with Crippen LogP contribution < -0.4 is 0 Å². The first-order valence-corrected chi connectivity index (χ1v) is 4.67. The highest BCUT2D eigenvalue weighted by molar-refractivity contribution is 5.75. The highest BCUT2D eigenvalue weighted by Crippen LogP contribution is 2.09. The van der Waals surface area contributed by atoms with E-state index >= 15 is 0 Å². The summed E-state index contributed by atoms with van der Waals surface area (Å²) in [6.07, 6.45) is 5.00. The Morgan fingerprint density at radius 3 is 2.25 bits per heavy atom. The molecule has 0 aliphatic rings. The number of rotatable bonds is 5. The van der Waals surface area contributed by atoms with Crippen LogP contribution in [0.3, 0.4) is 0 Å². The predicted molar refractivity (Wildman–Crippen MR) is 53.1 cm³/mol. The molecule has 0 saturated heterocycles. The fourth-order valence-corrected chi connectivity index (χ4v) is 0.912. The zero-order valence-corrected chi connectivity index (χ0v) is 8.68. The van der Waals surface area contributed by atoms with Gasteiger partial charge in [-0.1, -0.05) is 25.5 Å². The second kappa shape index (κ2) is 5.99. The standard InChI is InChI=1S/C11H20O/c1-9(2)5-6-10(3)7-8-11(4)12/h6,9H,5,7-8H2,1-4H3. The van der Waals surface area contributed by atoms with Gasteiger partial charge in [0.15, 0.2) is 0 Å². The van der Waals surface area contributed by atoms with Crippen LogP contribution in [0, 0.1) is 5.92 Å². The van der Waals surface area contributed by atoms with E-state index in [4.69, 9.17) is 0 Å². The van der Waals surface area contributed by atoms with E-state index in [1.165, 1.54) is 5.57 Å². The Bertz CT molecular complexity index is 166. The molecule has 0 heterocycles. The van der Waals surface area contributed by atoms with Crippen molar-refractivity contribution in [3.8, 4) is 0 Å². The molecule has 0 aromatic rings. The summed E-state index contributed by atoms with van der Waals surface area (Å²) in [6, 6.07) is 0. The number of carbonyl (C=O) groups excluding carboxylic acids is 1. The Kier molecular flexibility index (Phi) is 5.69. The average molecular weight is 168 g/mol. The van der Waals surface area contributed by atoms with Crippen LogP contribution in [0.2, 0.25) is 0 Å². The van der Waals surface area contributed by atoms with E-state index in [0.717, 1.165) is 18.8 Å². The van der Waals surface area contributed by atoms with Gasteiger partial charge in [-0.05, 0) is 32.6 Å². The van der Waals surface area contributed by atoms with Crippen molar-refractivity contribution in [1.29, 1.82) is 0 Å². The molecule has 0 radical (unpaired) electrons. The molecule has 0 bridgehead atoms. The molecule has 12 heavy (non-hydrogen) atoms. The van der Waals surface area contributed by atoms with Crippen LogP contribution in [0.4, 0.5) is 0 Å². The Morgan fingerprint density at radius 1 is 1.25 bits per heavy atom. The molecule has 0 fully saturated rings. The van der Waals surface area contributed by atoms with Crippen molar-refractivity contribution in [3.05, 3.63) is 11.6 Å². The van der Waals surface area contributed by atoms with Gasteiger partial charge in [0.2, 0.25) is 0 Å². The summed E-state index contributed by atoms with van der Waals surface area (Å²) in [6.45, 7) is 8.16. The molecular formula is C11H20O. The first-order valence-electron chi connectivity index (χ1n) is 4.67. The number of Topliss-reactive ketones (excluding diaryl/α,β-unsaturated/α-hetero) is 1. The van der Waals surface area contributed by atoms with Crippen molar-refractivity contribution in [2.45, 2.75) is 47.0 Å². The normalized spacial score (nSPS) is 12.2. The molecule has 0 spiro atoms. The number of carbonyl (C=O) groups is 1. The van der Waals surface area contributed by atoms with Gasteiger partial charge >= 0.3 is 0 Å².